The summed E-state index contributed by atoms with van der Waals surface area (Å²) in [4.78, 5) is 14.9. The largest absolute Gasteiger partial charge is 0.303 e. The third kappa shape index (κ3) is 3.58. The minimum Gasteiger partial charge on any atom is -0.303 e. The van der Waals surface area contributed by atoms with Gasteiger partial charge in [-0.2, -0.15) is 0 Å². The summed E-state index contributed by atoms with van der Waals surface area (Å²) in [5, 5.41) is 0. The molecular formula is C7H15NO2. The van der Waals surface area contributed by atoms with Crippen molar-refractivity contribution in [1.29, 1.82) is 0 Å². The first-order chi connectivity index (χ1) is 4.52. The van der Waals surface area contributed by atoms with Crippen molar-refractivity contribution in [2.24, 2.45) is 11.8 Å². The third-order valence-electron chi connectivity index (χ3n) is 1.36. The molecule has 0 aliphatic heterocycles. The molecule has 0 spiro atoms. The Morgan fingerprint density at radius 3 is 2.50 bits per heavy atom. The number of aldehydes is 1. The lowest BCUT2D eigenvalue weighted by molar-refractivity contribution is -0.113. The number of carbonyl (C=O) groups excluding carboxylic acids is 1. The molecule has 0 heterocycles. The minimum absolute atomic E-state index is 0.0125. The highest BCUT2D eigenvalue weighted by Crippen LogP contribution is 2.16. The second kappa shape index (κ2) is 3.68. The van der Waals surface area contributed by atoms with Crippen molar-refractivity contribution in [2.75, 3.05) is 0 Å². The first kappa shape index (κ1) is 9.59. The van der Waals surface area contributed by atoms with Gasteiger partial charge >= 0.3 is 0 Å². The fraction of sp³-hybridized carbons (Fsp3) is 0.857. The molecule has 10 heavy (non-hydrogen) atoms. The van der Waals surface area contributed by atoms with Gasteiger partial charge in [-0.3, -0.25) is 4.84 Å². The molecule has 1 unspecified atom stereocenters. The summed E-state index contributed by atoms with van der Waals surface area (Å²) >= 11 is 0. The van der Waals surface area contributed by atoms with E-state index in [2.05, 4.69) is 4.84 Å². The molecule has 3 heteroatoms. The highest BCUT2D eigenvalue weighted by atomic mass is 16.6. The third-order valence-corrected chi connectivity index (χ3v) is 1.36. The lowest BCUT2D eigenvalue weighted by Crippen LogP contribution is -2.30. The van der Waals surface area contributed by atoms with Gasteiger partial charge in [-0.1, -0.05) is 6.92 Å². The van der Waals surface area contributed by atoms with Gasteiger partial charge in [-0.25, -0.2) is 5.90 Å². The smallest absolute Gasteiger partial charge is 0.122 e. The summed E-state index contributed by atoms with van der Waals surface area (Å²) in [7, 11) is 0. The maximum atomic E-state index is 10.2. The fourth-order valence-corrected chi connectivity index (χ4v) is 0.872. The van der Waals surface area contributed by atoms with Crippen molar-refractivity contribution in [3.8, 4) is 0 Å². The summed E-state index contributed by atoms with van der Waals surface area (Å²) in [6, 6.07) is 0. The standard InChI is InChI=1S/C7H15NO2/c1-6(5-9)4-7(2,3)10-8/h5-6H,4,8H2,1-3H3. The Balaban J connectivity index is 3.75. The predicted molar refractivity (Wildman–Crippen MR) is 39.2 cm³/mol. The van der Waals surface area contributed by atoms with E-state index in [4.69, 9.17) is 5.90 Å². The van der Waals surface area contributed by atoms with Crippen LogP contribution in [-0.2, 0) is 9.63 Å². The Bertz CT molecular complexity index is 112. The van der Waals surface area contributed by atoms with Crippen molar-refractivity contribution in [2.45, 2.75) is 32.8 Å². The van der Waals surface area contributed by atoms with Crippen molar-refractivity contribution in [3.05, 3.63) is 0 Å². The van der Waals surface area contributed by atoms with E-state index in [1.165, 1.54) is 0 Å². The van der Waals surface area contributed by atoms with Crippen LogP contribution in [0.25, 0.3) is 0 Å². The van der Waals surface area contributed by atoms with Gasteiger partial charge in [0.2, 0.25) is 0 Å². The molecule has 2 N–H and O–H groups in total. The summed E-state index contributed by atoms with van der Waals surface area (Å²) in [5.41, 5.74) is -0.389. The normalized spacial score (nSPS) is 14.8. The van der Waals surface area contributed by atoms with Crippen LogP contribution in [0, 0.1) is 5.92 Å². The first-order valence-corrected chi connectivity index (χ1v) is 3.35. The van der Waals surface area contributed by atoms with E-state index >= 15 is 0 Å². The molecule has 0 rings (SSSR count). The Morgan fingerprint density at radius 2 is 2.20 bits per heavy atom. The van der Waals surface area contributed by atoms with Crippen LogP contribution in [0.1, 0.15) is 27.2 Å². The number of hydrogen-bond donors (Lipinski definition) is 1. The van der Waals surface area contributed by atoms with Gasteiger partial charge in [0, 0.05) is 5.92 Å². The topological polar surface area (TPSA) is 52.3 Å². The zero-order valence-electron chi connectivity index (χ0n) is 6.76. The fourth-order valence-electron chi connectivity index (χ4n) is 0.872. The summed E-state index contributed by atoms with van der Waals surface area (Å²) in [6.45, 7) is 5.55. The highest BCUT2D eigenvalue weighted by molar-refractivity contribution is 5.52. The van der Waals surface area contributed by atoms with Crippen molar-refractivity contribution < 1.29 is 9.63 Å². The Kier molecular flexibility index (Phi) is 3.53. The van der Waals surface area contributed by atoms with E-state index in [1.807, 2.05) is 20.8 Å². The van der Waals surface area contributed by atoms with Gasteiger partial charge in [0.25, 0.3) is 0 Å². The van der Waals surface area contributed by atoms with Gasteiger partial charge in [-0.05, 0) is 20.3 Å². The van der Waals surface area contributed by atoms with Gasteiger partial charge in [0.1, 0.15) is 6.29 Å². The molecule has 0 saturated carbocycles. The van der Waals surface area contributed by atoms with E-state index in [9.17, 15) is 4.79 Å². The van der Waals surface area contributed by atoms with Crippen LogP contribution in [0.2, 0.25) is 0 Å². The average molecular weight is 145 g/mol. The molecule has 0 aromatic rings. The predicted octanol–water partition coefficient (Wildman–Crippen LogP) is 0.880. The van der Waals surface area contributed by atoms with E-state index in [0.717, 1.165) is 6.29 Å². The van der Waals surface area contributed by atoms with Crippen molar-refractivity contribution in [1.82, 2.24) is 0 Å². The SMILES string of the molecule is CC(C=O)CC(C)(C)ON. The van der Waals surface area contributed by atoms with Crippen LogP contribution in [0.5, 0.6) is 0 Å². The Hall–Kier alpha value is -0.410. The molecule has 0 bridgehead atoms. The molecule has 0 amide bonds. The summed E-state index contributed by atoms with van der Waals surface area (Å²) < 4.78 is 0. The maximum absolute atomic E-state index is 10.2. The number of nitrogens with two attached hydrogens (primary N) is 1. The van der Waals surface area contributed by atoms with Gasteiger partial charge in [-0.15, -0.1) is 0 Å². The summed E-state index contributed by atoms with van der Waals surface area (Å²) in [6.07, 6.45) is 1.56. The number of rotatable bonds is 4. The number of hydrogen-bond acceptors (Lipinski definition) is 3. The summed E-state index contributed by atoms with van der Waals surface area (Å²) in [5.74, 6) is 5.01. The van der Waals surface area contributed by atoms with Crippen LogP contribution < -0.4 is 5.90 Å². The van der Waals surface area contributed by atoms with Crippen LogP contribution in [0.3, 0.4) is 0 Å². The van der Waals surface area contributed by atoms with Crippen LogP contribution in [0.15, 0.2) is 0 Å². The number of carbonyl (C=O) groups is 1. The maximum Gasteiger partial charge on any atom is 0.122 e. The van der Waals surface area contributed by atoms with Gasteiger partial charge < -0.3 is 4.79 Å². The molecule has 1 atom stereocenters. The molecule has 0 aromatic heterocycles. The minimum atomic E-state index is -0.389. The molecule has 0 aliphatic carbocycles. The molecule has 0 saturated heterocycles. The molecule has 0 aromatic carbocycles. The second-order valence-electron chi connectivity index (χ2n) is 3.20. The van der Waals surface area contributed by atoms with E-state index in [0.29, 0.717) is 6.42 Å². The highest BCUT2D eigenvalue weighted by Gasteiger charge is 2.20. The van der Waals surface area contributed by atoms with E-state index in [-0.39, 0.29) is 11.5 Å². The zero-order chi connectivity index (χ0) is 8.20. The zero-order valence-corrected chi connectivity index (χ0v) is 6.76. The van der Waals surface area contributed by atoms with Gasteiger partial charge in [0.05, 0.1) is 5.60 Å². The molecule has 3 nitrogen and oxygen atoms in total. The van der Waals surface area contributed by atoms with E-state index in [1.54, 1.807) is 0 Å². The molecular weight excluding hydrogens is 130 g/mol. The lowest BCUT2D eigenvalue weighted by Gasteiger charge is -2.22. The van der Waals surface area contributed by atoms with Crippen LogP contribution in [-0.4, -0.2) is 11.9 Å². The average Bonchev–Trinajstić information content (AvgIpc) is 1.87. The molecule has 0 aliphatic rings. The Labute approximate surface area is 61.5 Å². The monoisotopic (exact) mass is 145 g/mol. The Morgan fingerprint density at radius 1 is 1.70 bits per heavy atom. The first-order valence-electron chi connectivity index (χ1n) is 3.35. The lowest BCUT2D eigenvalue weighted by atomic mass is 9.96. The second-order valence-corrected chi connectivity index (χ2v) is 3.20. The van der Waals surface area contributed by atoms with Crippen molar-refractivity contribution >= 4 is 6.29 Å². The molecule has 0 fully saturated rings. The van der Waals surface area contributed by atoms with Gasteiger partial charge in [0.15, 0.2) is 0 Å². The van der Waals surface area contributed by atoms with E-state index < -0.39 is 0 Å². The van der Waals surface area contributed by atoms with Crippen molar-refractivity contribution in [3.63, 3.8) is 0 Å². The molecule has 60 valence electrons. The quantitative estimate of drug-likeness (QED) is 0.472. The van der Waals surface area contributed by atoms with Crippen LogP contribution in [0.4, 0.5) is 0 Å². The van der Waals surface area contributed by atoms with Crippen LogP contribution >= 0.6 is 0 Å². The molecule has 0 radical (unpaired) electrons.